The van der Waals surface area contributed by atoms with E-state index in [1.807, 2.05) is 74.5 Å². The summed E-state index contributed by atoms with van der Waals surface area (Å²) in [5.74, 6) is -11.9. The van der Waals surface area contributed by atoms with Gasteiger partial charge < -0.3 is 26.4 Å². The maximum absolute atomic E-state index is 14.5. The molecule has 1 aliphatic rings. The van der Waals surface area contributed by atoms with Crippen LogP contribution in [0.5, 0.6) is 0 Å². The minimum atomic E-state index is -1.32. The van der Waals surface area contributed by atoms with E-state index in [4.69, 9.17) is 0 Å². The fourth-order valence-electron chi connectivity index (χ4n) is 10.6. The van der Waals surface area contributed by atoms with Crippen molar-refractivity contribution in [1.82, 2.24) is 21.3 Å². The fraction of sp³-hybridized carbons (Fsp3) is 0.790. The molecule has 78 heavy (non-hydrogen) atoms. The highest BCUT2D eigenvalue weighted by Crippen LogP contribution is 2.31. The van der Waals surface area contributed by atoms with Gasteiger partial charge in [-0.05, 0) is 101 Å². The molecule has 0 aromatic carbocycles. The third-order valence-corrected chi connectivity index (χ3v) is 15.3. The summed E-state index contributed by atoms with van der Waals surface area (Å²) in [7, 11) is 0. The minimum Gasteiger partial charge on any atom is -0.392 e. The van der Waals surface area contributed by atoms with Crippen LogP contribution in [0.3, 0.4) is 0 Å². The van der Waals surface area contributed by atoms with Gasteiger partial charge in [-0.3, -0.25) is 52.7 Å². The van der Waals surface area contributed by atoms with E-state index in [-0.39, 0.29) is 105 Å². The second kappa shape index (κ2) is 35.1. The molecule has 0 bridgehead atoms. The molecule has 1 heterocycles. The molecule has 1 aliphatic heterocycles. The van der Waals surface area contributed by atoms with Crippen LogP contribution in [0.4, 0.5) is 0 Å². The normalized spacial score (nSPS) is 28.0. The molecule has 0 aromatic heterocycles. The number of aliphatic hydroxyl groups is 1. The molecule has 0 aromatic rings. The highest BCUT2D eigenvalue weighted by atomic mass is 16.3. The Kier molecular flexibility index (Phi) is 32.1. The second-order valence-corrected chi connectivity index (χ2v) is 25.3. The zero-order valence-corrected chi connectivity index (χ0v) is 50.9. The van der Waals surface area contributed by atoms with Gasteiger partial charge in [-0.1, -0.05) is 109 Å². The van der Waals surface area contributed by atoms with E-state index >= 15 is 0 Å². The lowest BCUT2D eigenvalue weighted by Crippen LogP contribution is -2.51. The average molecular weight is 1100 g/mol. The molecule has 12 atom stereocenters. The zero-order chi connectivity index (χ0) is 59.9. The third-order valence-electron chi connectivity index (χ3n) is 15.3. The first-order chi connectivity index (χ1) is 36.2. The van der Waals surface area contributed by atoms with Gasteiger partial charge in [0.25, 0.3) is 0 Å². The second-order valence-electron chi connectivity index (χ2n) is 25.3. The summed E-state index contributed by atoms with van der Waals surface area (Å²) in [4.78, 5) is 155. The molecule has 1 fully saturated rings. The number of Topliss-reactive ketones (excluding diaryl/α,β-unsaturated/α-hetero) is 7. The molecule has 444 valence electrons. The van der Waals surface area contributed by atoms with Crippen LogP contribution in [0.1, 0.15) is 208 Å². The van der Waals surface area contributed by atoms with E-state index in [2.05, 4.69) is 21.3 Å². The Morgan fingerprint density at radius 3 is 1.40 bits per heavy atom. The highest BCUT2D eigenvalue weighted by Gasteiger charge is 2.40. The molecule has 1 saturated heterocycles. The van der Waals surface area contributed by atoms with Gasteiger partial charge in [0, 0.05) is 81.0 Å². The van der Waals surface area contributed by atoms with Crippen LogP contribution in [0.15, 0.2) is 12.2 Å². The van der Waals surface area contributed by atoms with E-state index in [0.717, 1.165) is 0 Å². The maximum atomic E-state index is 14.5. The van der Waals surface area contributed by atoms with Gasteiger partial charge in [-0.15, -0.1) is 0 Å². The average Bonchev–Trinajstić information content (AvgIpc) is 3.33. The monoisotopic (exact) mass is 1100 g/mol. The molecular formula is C62H104N4O12. The summed E-state index contributed by atoms with van der Waals surface area (Å²) in [5.41, 5.74) is 0. The van der Waals surface area contributed by atoms with Crippen molar-refractivity contribution >= 4 is 64.1 Å². The molecule has 1 unspecified atom stereocenters. The summed E-state index contributed by atoms with van der Waals surface area (Å²) in [5, 5.41) is 22.9. The number of ketones is 7. The Bertz CT molecular complexity index is 2060. The van der Waals surface area contributed by atoms with Gasteiger partial charge in [-0.2, -0.15) is 0 Å². The number of carbonyl (C=O) groups excluding carboxylic acids is 11. The van der Waals surface area contributed by atoms with Crippen LogP contribution in [-0.2, 0) is 52.7 Å². The molecule has 16 nitrogen and oxygen atoms in total. The van der Waals surface area contributed by atoms with Crippen molar-refractivity contribution < 1.29 is 57.8 Å². The number of hydrogen-bond donors (Lipinski definition) is 5. The summed E-state index contributed by atoms with van der Waals surface area (Å²) < 4.78 is 0. The smallest absolute Gasteiger partial charge is 0.242 e. The lowest BCUT2D eigenvalue weighted by atomic mass is 9.76. The molecule has 0 saturated carbocycles. The summed E-state index contributed by atoms with van der Waals surface area (Å²) in [6, 6.07) is -4.25. The number of carbonyl (C=O) groups is 11. The fourth-order valence-corrected chi connectivity index (χ4v) is 10.6. The van der Waals surface area contributed by atoms with Gasteiger partial charge in [0.15, 0.2) is 17.3 Å². The molecule has 1 rings (SSSR count). The predicted octanol–water partition coefficient (Wildman–Crippen LogP) is 8.65. The summed E-state index contributed by atoms with van der Waals surface area (Å²) in [6.07, 6.45) is 2.16. The third kappa shape index (κ3) is 25.2. The van der Waals surface area contributed by atoms with E-state index in [1.165, 1.54) is 13.8 Å². The van der Waals surface area contributed by atoms with Crippen molar-refractivity contribution in [2.24, 2.45) is 76.9 Å². The Labute approximate surface area is 468 Å². The van der Waals surface area contributed by atoms with Crippen LogP contribution in [0, 0.1) is 76.9 Å². The Hall–Kier alpha value is -4.73. The zero-order valence-electron chi connectivity index (χ0n) is 50.9. The molecule has 0 aliphatic carbocycles. The topological polar surface area (TPSA) is 256 Å². The number of aliphatic hydroxyl groups excluding tert-OH is 1. The van der Waals surface area contributed by atoms with Crippen molar-refractivity contribution in [3.8, 4) is 0 Å². The molecule has 5 N–H and O–H groups in total. The summed E-state index contributed by atoms with van der Waals surface area (Å²) >= 11 is 0. The van der Waals surface area contributed by atoms with Crippen molar-refractivity contribution in [1.29, 1.82) is 0 Å². The first-order valence-electron chi connectivity index (χ1n) is 29.4. The molecule has 0 radical (unpaired) electrons. The number of rotatable bonds is 15. The molecular weight excluding hydrogens is 993 g/mol. The Morgan fingerprint density at radius 2 is 0.910 bits per heavy atom. The summed E-state index contributed by atoms with van der Waals surface area (Å²) in [6.45, 7) is 30.7. The van der Waals surface area contributed by atoms with E-state index in [9.17, 15) is 57.8 Å². The Balaban J connectivity index is 3.96. The Morgan fingerprint density at radius 1 is 0.462 bits per heavy atom. The van der Waals surface area contributed by atoms with Gasteiger partial charge in [0.2, 0.25) is 23.6 Å². The van der Waals surface area contributed by atoms with Crippen LogP contribution >= 0.6 is 0 Å². The van der Waals surface area contributed by atoms with Gasteiger partial charge >= 0.3 is 0 Å². The van der Waals surface area contributed by atoms with Crippen LogP contribution in [0.25, 0.3) is 0 Å². The lowest BCUT2D eigenvalue weighted by Gasteiger charge is -2.30. The number of amides is 4. The SMILES string of the molecule is C/C=C/C[C@@H](C)[C@@H](O)[C@@H]1CC(=O)[C@H](C(C)C)CC(=O)C(CC(C)C)CC(=O)[C@@H](CC(C)C)CC(=O)[C@@H](C)NC(=O)[C@H](C)NC(=O)[C@H](CC(C)C)CC(=O)[C@H](C(C)C)NC(=O)[C@H](CC(C)C)CC(=O)CCC(=O)[C@H](CC)NC1=O. The van der Waals surface area contributed by atoms with Crippen LogP contribution in [0.2, 0.25) is 0 Å². The largest absolute Gasteiger partial charge is 0.392 e. The maximum Gasteiger partial charge on any atom is 0.242 e. The van der Waals surface area contributed by atoms with E-state index in [0.29, 0.717) is 25.7 Å². The number of allylic oxidation sites excluding steroid dienone is 2. The molecule has 0 spiro atoms. The van der Waals surface area contributed by atoms with Crippen molar-refractivity contribution in [3.63, 3.8) is 0 Å². The van der Waals surface area contributed by atoms with Crippen molar-refractivity contribution in [2.75, 3.05) is 0 Å². The van der Waals surface area contributed by atoms with Gasteiger partial charge in [-0.25, -0.2) is 0 Å². The highest BCUT2D eigenvalue weighted by molar-refractivity contribution is 5.99. The first kappa shape index (κ1) is 71.3. The first-order valence-corrected chi connectivity index (χ1v) is 29.4. The van der Waals surface area contributed by atoms with Gasteiger partial charge in [0.1, 0.15) is 29.2 Å². The van der Waals surface area contributed by atoms with E-state index < -0.39 is 131 Å². The quantitative estimate of drug-likeness (QED) is 0.0966. The van der Waals surface area contributed by atoms with Crippen molar-refractivity contribution in [3.05, 3.63) is 12.2 Å². The van der Waals surface area contributed by atoms with Crippen LogP contribution < -0.4 is 21.3 Å². The standard InChI is InChI=1S/C62H104N4O12/c1-18-20-21-40(15)58(74)49-33-55(72)48(38(11)12)32-54(71)44(25-35(5)6)30-53(70)43(24-34(3)4)29-52(69)41(16)63-59(75)42(17)64-60(76)46(27-37(9)10)31-56(73)57(39(13)14)66-61(77)45(26-36(7)8)28-47(67)22-23-51(68)50(19-2)65-62(49)78/h18,20,34-46,48-50,57-58,74H,19,21-33H2,1-17H3,(H,63,75)(H,64,76)(H,65,78)(H,66,77)/b20-18+/t40-,41-,42+,43+,44?,45-,46-,48+,49+,50+,57+,58-/m1/s1. The van der Waals surface area contributed by atoms with E-state index in [1.54, 1.807) is 41.5 Å². The van der Waals surface area contributed by atoms with Gasteiger partial charge in [0.05, 0.1) is 30.1 Å². The minimum absolute atomic E-state index is 0.00830. The lowest BCUT2D eigenvalue weighted by molar-refractivity contribution is -0.139. The van der Waals surface area contributed by atoms with Crippen LogP contribution in [-0.4, -0.2) is 99.5 Å². The predicted molar refractivity (Wildman–Crippen MR) is 304 cm³/mol. The van der Waals surface area contributed by atoms with Crippen molar-refractivity contribution in [2.45, 2.75) is 238 Å². The molecule has 4 amide bonds. The number of nitrogens with one attached hydrogen (secondary N) is 4. The number of hydrogen-bond acceptors (Lipinski definition) is 12. The molecule has 16 heteroatoms.